The molecule has 8 heteroatoms. The normalized spacial score (nSPS) is 14.0. The summed E-state index contributed by atoms with van der Waals surface area (Å²) >= 11 is 5.90. The van der Waals surface area contributed by atoms with Gasteiger partial charge >= 0.3 is 0 Å². The van der Waals surface area contributed by atoms with Gasteiger partial charge < -0.3 is 20.3 Å². The fraction of sp³-hybridized carbons (Fsp3) is 0.333. The Morgan fingerprint density at radius 1 is 1.22 bits per heavy atom. The highest BCUT2D eigenvalue weighted by molar-refractivity contribution is 6.31. The average Bonchev–Trinajstić information content (AvgIpc) is 3.30. The number of aromatic nitrogens is 1. The molecule has 0 bridgehead atoms. The van der Waals surface area contributed by atoms with Gasteiger partial charge in [-0.15, -0.1) is 0 Å². The number of methoxy groups -OCH3 is 1. The Kier molecular flexibility index (Phi) is 7.07. The zero-order valence-electron chi connectivity index (χ0n) is 18.0. The smallest absolute Gasteiger partial charge is 0.224 e. The summed E-state index contributed by atoms with van der Waals surface area (Å²) in [5.74, 6) is 0.609. The number of benzene rings is 2. The molecule has 1 aliphatic rings. The van der Waals surface area contributed by atoms with Gasteiger partial charge in [0.05, 0.1) is 17.8 Å². The first-order valence-electron chi connectivity index (χ1n) is 10.7. The minimum atomic E-state index is -0.484. The third-order valence-corrected chi connectivity index (χ3v) is 5.91. The first-order valence-corrected chi connectivity index (χ1v) is 11.1. The number of fused-ring (bicyclic) bond motifs is 1. The quantitative estimate of drug-likeness (QED) is 0.462. The van der Waals surface area contributed by atoms with E-state index in [1.54, 1.807) is 19.4 Å². The second kappa shape index (κ2) is 10.1. The molecule has 1 amide bonds. The number of ether oxygens (including phenoxy) is 1. The van der Waals surface area contributed by atoms with Crippen LogP contribution in [0.25, 0.3) is 10.8 Å². The molecule has 0 aliphatic carbocycles. The number of likely N-dealkylation sites (tertiary alicyclic amines) is 1. The van der Waals surface area contributed by atoms with Crippen LogP contribution in [0.1, 0.15) is 25.7 Å². The number of carbonyl (C=O) groups excluding carboxylic acids is 1. The number of nitrogens with zero attached hydrogens (tertiary/aromatic N) is 2. The van der Waals surface area contributed by atoms with Crippen molar-refractivity contribution in [3.8, 4) is 5.75 Å². The second-order valence-electron chi connectivity index (χ2n) is 7.89. The molecule has 2 aromatic carbocycles. The Bertz CT molecular complexity index is 1120. The van der Waals surface area contributed by atoms with E-state index in [1.165, 1.54) is 25.0 Å². The predicted octanol–water partition coefficient (Wildman–Crippen LogP) is 5.59. The Morgan fingerprint density at radius 3 is 2.78 bits per heavy atom. The molecule has 0 unspecified atom stereocenters. The van der Waals surface area contributed by atoms with Gasteiger partial charge in [-0.1, -0.05) is 11.6 Å². The molecule has 32 heavy (non-hydrogen) atoms. The lowest BCUT2D eigenvalue weighted by atomic mass is 10.1. The van der Waals surface area contributed by atoms with Crippen LogP contribution in [0.3, 0.4) is 0 Å². The summed E-state index contributed by atoms with van der Waals surface area (Å²) in [5.41, 5.74) is 1.19. The minimum absolute atomic E-state index is 0.0267. The third-order valence-electron chi connectivity index (χ3n) is 5.62. The fourth-order valence-corrected chi connectivity index (χ4v) is 4.14. The summed E-state index contributed by atoms with van der Waals surface area (Å²) in [5, 5.41) is 7.86. The number of hydrogen-bond acceptors (Lipinski definition) is 5. The van der Waals surface area contributed by atoms with E-state index in [0.717, 1.165) is 36.8 Å². The maximum absolute atomic E-state index is 13.5. The summed E-state index contributed by atoms with van der Waals surface area (Å²) in [4.78, 5) is 19.4. The van der Waals surface area contributed by atoms with Crippen molar-refractivity contribution in [3.05, 3.63) is 53.4 Å². The predicted molar refractivity (Wildman–Crippen MR) is 127 cm³/mol. The van der Waals surface area contributed by atoms with Crippen LogP contribution in [0.2, 0.25) is 5.02 Å². The van der Waals surface area contributed by atoms with Crippen LogP contribution < -0.4 is 15.4 Å². The number of anilines is 3. The van der Waals surface area contributed by atoms with Crippen LogP contribution in [0.4, 0.5) is 21.6 Å². The van der Waals surface area contributed by atoms with Crippen LogP contribution in [0, 0.1) is 5.82 Å². The Hall–Kier alpha value is -2.90. The van der Waals surface area contributed by atoms with Crippen LogP contribution >= 0.6 is 11.6 Å². The van der Waals surface area contributed by atoms with E-state index in [1.807, 2.05) is 18.2 Å². The number of amides is 1. The van der Waals surface area contributed by atoms with Crippen LogP contribution in [-0.2, 0) is 4.79 Å². The number of nitrogens with one attached hydrogen (secondary N) is 2. The van der Waals surface area contributed by atoms with Gasteiger partial charge in [0.2, 0.25) is 5.91 Å². The summed E-state index contributed by atoms with van der Waals surface area (Å²) in [6, 6.07) is 9.96. The van der Waals surface area contributed by atoms with Crippen molar-refractivity contribution in [2.24, 2.45) is 0 Å². The van der Waals surface area contributed by atoms with Gasteiger partial charge in [-0.3, -0.25) is 4.79 Å². The number of carbonyl (C=O) groups is 1. The number of hydrogen-bond donors (Lipinski definition) is 2. The molecule has 0 saturated carbocycles. The van der Waals surface area contributed by atoms with E-state index in [9.17, 15) is 9.18 Å². The molecule has 0 atom stereocenters. The van der Waals surface area contributed by atoms with Gasteiger partial charge in [0.25, 0.3) is 0 Å². The zero-order chi connectivity index (χ0) is 22.5. The molecule has 0 radical (unpaired) electrons. The van der Waals surface area contributed by atoms with Crippen molar-refractivity contribution in [1.29, 1.82) is 0 Å². The molecular weight excluding hydrogens is 431 g/mol. The largest absolute Gasteiger partial charge is 0.495 e. The summed E-state index contributed by atoms with van der Waals surface area (Å²) in [7, 11) is 1.57. The van der Waals surface area contributed by atoms with Gasteiger partial charge in [0, 0.05) is 23.7 Å². The highest BCUT2D eigenvalue weighted by atomic mass is 35.5. The van der Waals surface area contributed by atoms with Crippen molar-refractivity contribution in [3.63, 3.8) is 0 Å². The lowest BCUT2D eigenvalue weighted by Crippen LogP contribution is -2.22. The number of halogens is 2. The van der Waals surface area contributed by atoms with E-state index >= 15 is 0 Å². The minimum Gasteiger partial charge on any atom is -0.495 e. The fourth-order valence-electron chi connectivity index (χ4n) is 3.96. The summed E-state index contributed by atoms with van der Waals surface area (Å²) in [6.07, 6.45) is 5.43. The van der Waals surface area contributed by atoms with E-state index in [2.05, 4.69) is 20.5 Å². The first kappa shape index (κ1) is 22.3. The van der Waals surface area contributed by atoms with Gasteiger partial charge in [-0.05, 0) is 80.7 Å². The molecule has 2 heterocycles. The third kappa shape index (κ3) is 5.29. The molecule has 1 aliphatic heterocycles. The van der Waals surface area contributed by atoms with Crippen LogP contribution in [-0.4, -0.2) is 42.5 Å². The lowest BCUT2D eigenvalue weighted by Gasteiger charge is -2.16. The van der Waals surface area contributed by atoms with Gasteiger partial charge in [0.15, 0.2) is 0 Å². The maximum Gasteiger partial charge on any atom is 0.224 e. The Balaban J connectivity index is 1.53. The molecular formula is C24H26ClFN4O2. The van der Waals surface area contributed by atoms with Gasteiger partial charge in [-0.25, -0.2) is 9.37 Å². The first-order chi connectivity index (χ1) is 15.5. The lowest BCUT2D eigenvalue weighted by molar-refractivity contribution is -0.116. The molecule has 0 spiro atoms. The van der Waals surface area contributed by atoms with Gasteiger partial charge in [0.1, 0.15) is 17.4 Å². The molecule has 3 aromatic rings. The summed E-state index contributed by atoms with van der Waals surface area (Å²) in [6.45, 7) is 3.20. The highest BCUT2D eigenvalue weighted by Gasteiger charge is 2.14. The second-order valence-corrected chi connectivity index (χ2v) is 8.29. The topological polar surface area (TPSA) is 66.5 Å². The number of rotatable bonds is 8. The van der Waals surface area contributed by atoms with E-state index < -0.39 is 5.82 Å². The van der Waals surface area contributed by atoms with Gasteiger partial charge in [-0.2, -0.15) is 0 Å². The highest BCUT2D eigenvalue weighted by Crippen LogP contribution is 2.34. The maximum atomic E-state index is 13.5. The van der Waals surface area contributed by atoms with E-state index in [4.69, 9.17) is 16.3 Å². The van der Waals surface area contributed by atoms with Crippen molar-refractivity contribution < 1.29 is 13.9 Å². The molecule has 1 saturated heterocycles. The van der Waals surface area contributed by atoms with Crippen LogP contribution in [0.5, 0.6) is 5.75 Å². The van der Waals surface area contributed by atoms with E-state index in [0.29, 0.717) is 29.4 Å². The molecule has 6 nitrogen and oxygen atoms in total. The standard InChI is InChI=1S/C24H26ClFN4O2/c1-32-22-13-16-8-9-27-24(28-17-6-7-20(26)19(25)14-17)18(16)15-21(22)29-23(31)5-4-12-30-10-2-3-11-30/h6-9,13-15H,2-5,10-12H2,1H3,(H,27,28)(H,29,31). The Morgan fingerprint density at radius 2 is 2.03 bits per heavy atom. The molecule has 1 fully saturated rings. The molecule has 2 N–H and O–H groups in total. The van der Waals surface area contributed by atoms with Crippen LogP contribution in [0.15, 0.2) is 42.6 Å². The number of pyridine rings is 1. The monoisotopic (exact) mass is 456 g/mol. The summed E-state index contributed by atoms with van der Waals surface area (Å²) < 4.78 is 19.0. The zero-order valence-corrected chi connectivity index (χ0v) is 18.7. The molecule has 1 aromatic heterocycles. The van der Waals surface area contributed by atoms with Crippen molar-refractivity contribution in [1.82, 2.24) is 9.88 Å². The van der Waals surface area contributed by atoms with E-state index in [-0.39, 0.29) is 10.9 Å². The van der Waals surface area contributed by atoms with Crippen molar-refractivity contribution >= 4 is 45.5 Å². The molecule has 4 rings (SSSR count). The average molecular weight is 457 g/mol. The Labute approximate surface area is 191 Å². The molecule has 168 valence electrons. The van der Waals surface area contributed by atoms with Crippen molar-refractivity contribution in [2.45, 2.75) is 25.7 Å². The SMILES string of the molecule is COc1cc2ccnc(Nc3ccc(F)c(Cl)c3)c2cc1NC(=O)CCCN1CCCC1. The van der Waals surface area contributed by atoms with Crippen molar-refractivity contribution in [2.75, 3.05) is 37.4 Å².